The predicted molar refractivity (Wildman–Crippen MR) is 74.5 cm³/mol. The minimum absolute atomic E-state index is 0.116. The molecule has 0 radical (unpaired) electrons. The Balaban J connectivity index is 2.04. The van der Waals surface area contributed by atoms with E-state index in [0.717, 1.165) is 16.9 Å². The quantitative estimate of drug-likeness (QED) is 0.729. The third-order valence-corrected chi connectivity index (χ3v) is 2.86. The number of terminal acetylenes is 1. The van der Waals surface area contributed by atoms with E-state index in [-0.39, 0.29) is 5.92 Å². The van der Waals surface area contributed by atoms with Crippen LogP contribution in [-0.2, 0) is 6.61 Å². The van der Waals surface area contributed by atoms with Crippen molar-refractivity contribution in [2.75, 3.05) is 0 Å². The normalized spacial score (nSPS) is 11.6. The maximum absolute atomic E-state index is 5.76. The minimum atomic E-state index is 0.116. The van der Waals surface area contributed by atoms with Gasteiger partial charge in [0.15, 0.2) is 0 Å². The molecule has 0 aromatic heterocycles. The summed E-state index contributed by atoms with van der Waals surface area (Å²) in [4.78, 5) is 0. The average molecular weight is 236 g/mol. The van der Waals surface area contributed by atoms with Crippen molar-refractivity contribution in [2.24, 2.45) is 0 Å². The standard InChI is InChI=1S/C17H16O/c1-3-14(2)16-10-7-11-17(12-16)18-13-15-8-5-4-6-9-15/h1,4-12,14H,13H2,2H3. The van der Waals surface area contributed by atoms with E-state index in [2.05, 4.69) is 5.92 Å². The molecule has 0 fully saturated rings. The first-order valence-electron chi connectivity index (χ1n) is 6.02. The molecule has 0 aliphatic carbocycles. The predicted octanol–water partition coefficient (Wildman–Crippen LogP) is 4.00. The molecule has 0 saturated carbocycles. The monoisotopic (exact) mass is 236 g/mol. The van der Waals surface area contributed by atoms with Gasteiger partial charge in [-0.25, -0.2) is 0 Å². The van der Waals surface area contributed by atoms with Gasteiger partial charge >= 0.3 is 0 Å². The zero-order valence-corrected chi connectivity index (χ0v) is 10.5. The fourth-order valence-corrected chi connectivity index (χ4v) is 1.71. The van der Waals surface area contributed by atoms with Gasteiger partial charge in [-0.2, -0.15) is 0 Å². The second-order valence-corrected chi connectivity index (χ2v) is 4.24. The molecule has 90 valence electrons. The van der Waals surface area contributed by atoms with E-state index in [0.29, 0.717) is 6.61 Å². The summed E-state index contributed by atoms with van der Waals surface area (Å²) >= 11 is 0. The van der Waals surface area contributed by atoms with Gasteiger partial charge < -0.3 is 4.74 Å². The second-order valence-electron chi connectivity index (χ2n) is 4.24. The first kappa shape index (κ1) is 12.3. The van der Waals surface area contributed by atoms with Crippen LogP contribution in [0.5, 0.6) is 5.75 Å². The molecule has 0 aliphatic heterocycles. The van der Waals surface area contributed by atoms with Gasteiger partial charge in [0.25, 0.3) is 0 Å². The highest BCUT2D eigenvalue weighted by Gasteiger charge is 2.03. The van der Waals surface area contributed by atoms with Gasteiger partial charge in [0.05, 0.1) is 0 Å². The Morgan fingerprint density at radius 2 is 1.89 bits per heavy atom. The SMILES string of the molecule is C#CC(C)c1cccc(OCc2ccccc2)c1. The Morgan fingerprint density at radius 3 is 2.61 bits per heavy atom. The lowest BCUT2D eigenvalue weighted by Gasteiger charge is -2.09. The van der Waals surface area contributed by atoms with Crippen LogP contribution in [0.25, 0.3) is 0 Å². The summed E-state index contributed by atoms with van der Waals surface area (Å²) in [6, 6.07) is 18.1. The van der Waals surface area contributed by atoms with Crippen LogP contribution in [0, 0.1) is 12.3 Å². The molecule has 1 heteroatoms. The highest BCUT2D eigenvalue weighted by molar-refractivity contribution is 5.34. The van der Waals surface area contributed by atoms with Crippen LogP contribution in [0.1, 0.15) is 24.0 Å². The fraction of sp³-hybridized carbons (Fsp3) is 0.176. The Bertz CT molecular complexity index is 537. The minimum Gasteiger partial charge on any atom is -0.489 e. The number of benzene rings is 2. The molecule has 0 spiro atoms. The third-order valence-electron chi connectivity index (χ3n) is 2.86. The molecule has 0 amide bonds. The first-order valence-corrected chi connectivity index (χ1v) is 6.02. The van der Waals surface area contributed by atoms with Crippen LogP contribution >= 0.6 is 0 Å². The van der Waals surface area contributed by atoms with Gasteiger partial charge in [0.2, 0.25) is 0 Å². The summed E-state index contributed by atoms with van der Waals surface area (Å²) in [7, 11) is 0. The summed E-state index contributed by atoms with van der Waals surface area (Å²) in [5, 5.41) is 0. The lowest BCUT2D eigenvalue weighted by atomic mass is 10.0. The summed E-state index contributed by atoms with van der Waals surface area (Å²) < 4.78 is 5.76. The summed E-state index contributed by atoms with van der Waals surface area (Å²) in [5.74, 6) is 3.70. The van der Waals surface area contributed by atoms with Crippen molar-refractivity contribution in [3.05, 3.63) is 65.7 Å². The molecule has 0 bridgehead atoms. The molecule has 0 N–H and O–H groups in total. The number of ether oxygens (including phenoxy) is 1. The average Bonchev–Trinajstić information content (AvgIpc) is 2.45. The highest BCUT2D eigenvalue weighted by atomic mass is 16.5. The number of rotatable bonds is 4. The van der Waals surface area contributed by atoms with Crippen LogP contribution < -0.4 is 4.74 Å². The van der Waals surface area contributed by atoms with Crippen molar-refractivity contribution in [1.82, 2.24) is 0 Å². The Hall–Kier alpha value is -2.20. The Morgan fingerprint density at radius 1 is 1.11 bits per heavy atom. The molecule has 1 atom stereocenters. The van der Waals surface area contributed by atoms with E-state index in [4.69, 9.17) is 11.2 Å². The van der Waals surface area contributed by atoms with Crippen molar-refractivity contribution >= 4 is 0 Å². The molecule has 18 heavy (non-hydrogen) atoms. The van der Waals surface area contributed by atoms with Crippen LogP contribution in [0.15, 0.2) is 54.6 Å². The van der Waals surface area contributed by atoms with E-state index in [1.807, 2.05) is 61.5 Å². The van der Waals surface area contributed by atoms with Crippen LogP contribution in [-0.4, -0.2) is 0 Å². The van der Waals surface area contributed by atoms with Crippen molar-refractivity contribution in [3.8, 4) is 18.1 Å². The molecule has 0 heterocycles. The number of hydrogen-bond donors (Lipinski definition) is 0. The van der Waals surface area contributed by atoms with Crippen LogP contribution in [0.4, 0.5) is 0 Å². The van der Waals surface area contributed by atoms with E-state index < -0.39 is 0 Å². The molecule has 2 rings (SSSR count). The molecule has 2 aromatic carbocycles. The van der Waals surface area contributed by atoms with Gasteiger partial charge in [-0.05, 0) is 30.2 Å². The van der Waals surface area contributed by atoms with Gasteiger partial charge in [-0.3, -0.25) is 0 Å². The van der Waals surface area contributed by atoms with Crippen molar-refractivity contribution in [3.63, 3.8) is 0 Å². The van der Waals surface area contributed by atoms with Crippen molar-refractivity contribution in [1.29, 1.82) is 0 Å². The Labute approximate surface area is 108 Å². The second kappa shape index (κ2) is 5.93. The zero-order chi connectivity index (χ0) is 12.8. The maximum Gasteiger partial charge on any atom is 0.120 e. The number of hydrogen-bond acceptors (Lipinski definition) is 1. The summed E-state index contributed by atoms with van der Waals surface area (Å²) in [5.41, 5.74) is 2.27. The van der Waals surface area contributed by atoms with Gasteiger partial charge in [-0.15, -0.1) is 6.42 Å². The maximum atomic E-state index is 5.76. The first-order chi connectivity index (χ1) is 8.79. The largest absolute Gasteiger partial charge is 0.489 e. The van der Waals surface area contributed by atoms with E-state index in [1.54, 1.807) is 0 Å². The molecule has 2 aromatic rings. The highest BCUT2D eigenvalue weighted by Crippen LogP contribution is 2.20. The lowest BCUT2D eigenvalue weighted by molar-refractivity contribution is 0.306. The molecular formula is C17H16O. The molecule has 0 saturated heterocycles. The van der Waals surface area contributed by atoms with Crippen LogP contribution in [0.3, 0.4) is 0 Å². The topological polar surface area (TPSA) is 9.23 Å². The molecule has 1 nitrogen and oxygen atoms in total. The van der Waals surface area contributed by atoms with Crippen LogP contribution in [0.2, 0.25) is 0 Å². The van der Waals surface area contributed by atoms with Gasteiger partial charge in [0.1, 0.15) is 12.4 Å². The molecule has 1 unspecified atom stereocenters. The smallest absolute Gasteiger partial charge is 0.120 e. The molecular weight excluding hydrogens is 220 g/mol. The Kier molecular flexibility index (Phi) is 4.04. The third kappa shape index (κ3) is 3.15. The van der Waals surface area contributed by atoms with Crippen molar-refractivity contribution < 1.29 is 4.74 Å². The summed E-state index contributed by atoms with van der Waals surface area (Å²) in [6.45, 7) is 2.59. The van der Waals surface area contributed by atoms with Gasteiger partial charge in [-0.1, -0.05) is 48.4 Å². The van der Waals surface area contributed by atoms with Crippen molar-refractivity contribution in [2.45, 2.75) is 19.4 Å². The zero-order valence-electron chi connectivity index (χ0n) is 10.5. The van der Waals surface area contributed by atoms with Gasteiger partial charge in [0, 0.05) is 5.92 Å². The van der Waals surface area contributed by atoms with E-state index in [1.165, 1.54) is 0 Å². The van der Waals surface area contributed by atoms with E-state index >= 15 is 0 Å². The summed E-state index contributed by atoms with van der Waals surface area (Å²) in [6.07, 6.45) is 5.43. The van der Waals surface area contributed by atoms with E-state index in [9.17, 15) is 0 Å². The lowest BCUT2D eigenvalue weighted by Crippen LogP contribution is -1.96. The fourth-order valence-electron chi connectivity index (χ4n) is 1.71. The molecule has 0 aliphatic rings.